The maximum atomic E-state index is 5.72. The number of aromatic nitrogens is 4. The van der Waals surface area contributed by atoms with Crippen molar-refractivity contribution < 1.29 is 0 Å². The highest BCUT2D eigenvalue weighted by Gasteiger charge is 2.03. The van der Waals surface area contributed by atoms with E-state index in [-0.39, 0.29) is 0 Å². The van der Waals surface area contributed by atoms with Gasteiger partial charge in [-0.2, -0.15) is 0 Å². The summed E-state index contributed by atoms with van der Waals surface area (Å²) in [6.45, 7) is 2.57. The molecule has 2 heterocycles. The van der Waals surface area contributed by atoms with Crippen LogP contribution in [0.5, 0.6) is 0 Å². The van der Waals surface area contributed by atoms with Crippen molar-refractivity contribution in [1.82, 2.24) is 19.6 Å². The maximum absolute atomic E-state index is 5.72. The van der Waals surface area contributed by atoms with Crippen LogP contribution in [0.15, 0.2) is 12.4 Å². The Bertz CT molecular complexity index is 458. The molecule has 0 saturated heterocycles. The highest BCUT2D eigenvalue weighted by atomic mass is 35.5. The fourth-order valence-corrected chi connectivity index (χ4v) is 1.73. The van der Waals surface area contributed by atoms with Crippen molar-refractivity contribution in [3.05, 3.63) is 28.1 Å². The Morgan fingerprint density at radius 2 is 2.33 bits per heavy atom. The maximum Gasteiger partial charge on any atom is 0.134 e. The van der Waals surface area contributed by atoms with Gasteiger partial charge < -0.3 is 5.32 Å². The number of nitrogens with zero attached hydrogens (tertiary/aromatic N) is 4. The minimum atomic E-state index is 0.423. The van der Waals surface area contributed by atoms with Crippen LogP contribution >= 0.6 is 23.1 Å². The molecule has 78 valence electrons. The summed E-state index contributed by atoms with van der Waals surface area (Å²) in [5.41, 5.74) is 0.938. The Kier molecular flexibility index (Phi) is 3.08. The van der Waals surface area contributed by atoms with E-state index in [0.29, 0.717) is 17.5 Å². The molecule has 2 aromatic rings. The predicted molar refractivity (Wildman–Crippen MR) is 59.0 cm³/mol. The lowest BCUT2D eigenvalue weighted by molar-refractivity contribution is 1.04. The van der Waals surface area contributed by atoms with E-state index in [2.05, 4.69) is 24.9 Å². The molecule has 0 spiro atoms. The highest BCUT2D eigenvalue weighted by molar-refractivity contribution is 7.05. The van der Waals surface area contributed by atoms with Crippen molar-refractivity contribution in [3.8, 4) is 0 Å². The van der Waals surface area contributed by atoms with Gasteiger partial charge in [0.05, 0.1) is 17.1 Å². The fourth-order valence-electron chi connectivity index (χ4n) is 1.01. The molecular weight excluding hydrogens is 234 g/mol. The van der Waals surface area contributed by atoms with Crippen LogP contribution in [0.2, 0.25) is 5.15 Å². The Morgan fingerprint density at radius 3 is 3.00 bits per heavy atom. The molecule has 0 fully saturated rings. The number of rotatable bonds is 3. The lowest BCUT2D eigenvalue weighted by Crippen LogP contribution is -2.01. The Labute approximate surface area is 95.7 Å². The molecule has 2 rings (SSSR count). The fraction of sp³-hybridized carbons (Fsp3) is 0.250. The molecule has 2 aromatic heterocycles. The smallest absolute Gasteiger partial charge is 0.134 e. The topological polar surface area (TPSA) is 63.6 Å². The largest absolute Gasteiger partial charge is 0.365 e. The second-order valence-electron chi connectivity index (χ2n) is 2.86. The van der Waals surface area contributed by atoms with Gasteiger partial charge in [-0.1, -0.05) is 16.1 Å². The van der Waals surface area contributed by atoms with Gasteiger partial charge in [0, 0.05) is 6.07 Å². The predicted octanol–water partition coefficient (Wildman–Crippen LogP) is 1.90. The molecule has 0 aliphatic carbocycles. The van der Waals surface area contributed by atoms with Gasteiger partial charge in [0.2, 0.25) is 0 Å². The van der Waals surface area contributed by atoms with Crippen LogP contribution in [-0.4, -0.2) is 19.6 Å². The third-order valence-corrected chi connectivity index (χ3v) is 2.84. The standard InChI is InChI=1S/C8H8ClN5S/c1-5-6(15-14-13-5)3-10-8-2-7(9)11-4-12-8/h2,4H,3H2,1H3,(H,10,11,12). The van der Waals surface area contributed by atoms with Crippen LogP contribution in [0.1, 0.15) is 10.6 Å². The first kappa shape index (κ1) is 10.3. The highest BCUT2D eigenvalue weighted by Crippen LogP contribution is 2.13. The normalized spacial score (nSPS) is 10.3. The quantitative estimate of drug-likeness (QED) is 0.832. The average molecular weight is 242 g/mol. The second kappa shape index (κ2) is 4.50. The summed E-state index contributed by atoms with van der Waals surface area (Å²) in [4.78, 5) is 8.91. The third kappa shape index (κ3) is 2.60. The van der Waals surface area contributed by atoms with E-state index in [0.717, 1.165) is 10.6 Å². The van der Waals surface area contributed by atoms with Gasteiger partial charge in [0.1, 0.15) is 17.3 Å². The van der Waals surface area contributed by atoms with E-state index in [9.17, 15) is 0 Å². The van der Waals surface area contributed by atoms with E-state index in [1.807, 2.05) is 6.92 Å². The Morgan fingerprint density at radius 1 is 1.47 bits per heavy atom. The van der Waals surface area contributed by atoms with Crippen LogP contribution in [0, 0.1) is 6.92 Å². The van der Waals surface area contributed by atoms with Crippen molar-refractivity contribution >= 4 is 29.0 Å². The summed E-state index contributed by atoms with van der Waals surface area (Å²) in [5.74, 6) is 0.697. The van der Waals surface area contributed by atoms with Crippen LogP contribution in [0.4, 0.5) is 5.82 Å². The summed E-state index contributed by atoms with van der Waals surface area (Å²) < 4.78 is 3.84. The minimum absolute atomic E-state index is 0.423. The number of hydrogen-bond donors (Lipinski definition) is 1. The van der Waals surface area contributed by atoms with Gasteiger partial charge in [-0.3, -0.25) is 0 Å². The van der Waals surface area contributed by atoms with Crippen LogP contribution in [0.3, 0.4) is 0 Å². The zero-order valence-electron chi connectivity index (χ0n) is 7.94. The summed E-state index contributed by atoms with van der Waals surface area (Å²) in [6.07, 6.45) is 1.42. The monoisotopic (exact) mass is 241 g/mol. The van der Waals surface area contributed by atoms with Gasteiger partial charge in [0.15, 0.2) is 0 Å². The van der Waals surface area contributed by atoms with Crippen LogP contribution in [0.25, 0.3) is 0 Å². The molecule has 0 aliphatic rings. The second-order valence-corrected chi connectivity index (χ2v) is 4.09. The zero-order valence-corrected chi connectivity index (χ0v) is 9.51. The molecule has 0 bridgehead atoms. The van der Waals surface area contributed by atoms with Gasteiger partial charge in [-0.25, -0.2) is 9.97 Å². The third-order valence-electron chi connectivity index (χ3n) is 1.81. The molecule has 0 amide bonds. The van der Waals surface area contributed by atoms with Crippen molar-refractivity contribution in [3.63, 3.8) is 0 Å². The molecule has 5 nitrogen and oxygen atoms in total. The van der Waals surface area contributed by atoms with E-state index in [4.69, 9.17) is 11.6 Å². The van der Waals surface area contributed by atoms with Crippen molar-refractivity contribution in [1.29, 1.82) is 0 Å². The molecule has 7 heteroatoms. The number of nitrogens with one attached hydrogen (secondary N) is 1. The molecule has 0 aliphatic heterocycles. The van der Waals surface area contributed by atoms with Crippen molar-refractivity contribution in [2.45, 2.75) is 13.5 Å². The summed E-state index contributed by atoms with van der Waals surface area (Å²) >= 11 is 7.10. The van der Waals surface area contributed by atoms with E-state index < -0.39 is 0 Å². The van der Waals surface area contributed by atoms with Crippen molar-refractivity contribution in [2.24, 2.45) is 0 Å². The number of anilines is 1. The molecule has 1 N–H and O–H groups in total. The number of hydrogen-bond acceptors (Lipinski definition) is 6. The first-order valence-corrected chi connectivity index (χ1v) is 5.40. The minimum Gasteiger partial charge on any atom is -0.365 e. The van der Waals surface area contributed by atoms with Crippen molar-refractivity contribution in [2.75, 3.05) is 5.32 Å². The van der Waals surface area contributed by atoms with Gasteiger partial charge >= 0.3 is 0 Å². The number of aryl methyl sites for hydroxylation is 1. The van der Waals surface area contributed by atoms with E-state index in [1.165, 1.54) is 17.9 Å². The first-order valence-electron chi connectivity index (χ1n) is 4.25. The van der Waals surface area contributed by atoms with E-state index >= 15 is 0 Å². The van der Waals surface area contributed by atoms with Crippen LogP contribution < -0.4 is 5.32 Å². The zero-order chi connectivity index (χ0) is 10.7. The lowest BCUT2D eigenvalue weighted by Gasteiger charge is -2.02. The summed E-state index contributed by atoms with van der Waals surface area (Å²) in [5, 5.41) is 7.46. The molecule has 0 aromatic carbocycles. The molecule has 0 atom stereocenters. The average Bonchev–Trinajstić information content (AvgIpc) is 2.61. The molecule has 0 unspecified atom stereocenters. The molecule has 0 radical (unpaired) electrons. The van der Waals surface area contributed by atoms with Gasteiger partial charge in [0.25, 0.3) is 0 Å². The van der Waals surface area contributed by atoms with Gasteiger partial charge in [-0.15, -0.1) is 5.10 Å². The number of halogens is 1. The summed E-state index contributed by atoms with van der Waals surface area (Å²) in [7, 11) is 0. The SMILES string of the molecule is Cc1nnsc1CNc1cc(Cl)ncn1. The Hall–Kier alpha value is -1.27. The van der Waals surface area contributed by atoms with E-state index in [1.54, 1.807) is 6.07 Å². The summed E-state index contributed by atoms with van der Waals surface area (Å²) in [6, 6.07) is 1.67. The molecule has 0 saturated carbocycles. The Balaban J connectivity index is 2.02. The first-order chi connectivity index (χ1) is 7.25. The van der Waals surface area contributed by atoms with Gasteiger partial charge in [-0.05, 0) is 18.5 Å². The lowest BCUT2D eigenvalue weighted by atomic mass is 10.4. The van der Waals surface area contributed by atoms with Crippen LogP contribution in [-0.2, 0) is 6.54 Å². The molecular formula is C8H8ClN5S. The molecule has 15 heavy (non-hydrogen) atoms.